The summed E-state index contributed by atoms with van der Waals surface area (Å²) in [6, 6.07) is 0. The van der Waals surface area contributed by atoms with E-state index in [0.29, 0.717) is 14.1 Å². The summed E-state index contributed by atoms with van der Waals surface area (Å²) in [5.74, 6) is -1.77. The Morgan fingerprint density at radius 2 is 1.60 bits per heavy atom. The van der Waals surface area contributed by atoms with Crippen molar-refractivity contribution in [1.82, 2.24) is 0 Å². The van der Waals surface area contributed by atoms with Gasteiger partial charge < -0.3 is 4.74 Å². The Hall–Kier alpha value is -0.600. The zero-order valence-corrected chi connectivity index (χ0v) is 11.1. The molecule has 0 aliphatic carbocycles. The van der Waals surface area contributed by atoms with Crippen molar-refractivity contribution < 1.29 is 39.9 Å². The van der Waals surface area contributed by atoms with Gasteiger partial charge in [-0.15, -0.1) is 0 Å². The lowest BCUT2D eigenvalue weighted by molar-refractivity contribution is -0.433. The quantitative estimate of drug-likeness (QED) is 0.676. The predicted molar refractivity (Wildman–Crippen MR) is 55.7 cm³/mol. The Kier molecular flexibility index (Phi) is 5.85. The molecule has 0 N–H and O–H groups in total. The fraction of sp³-hybridized carbons (Fsp3) is 1.00. The molecule has 3 atom stereocenters. The van der Waals surface area contributed by atoms with Crippen LogP contribution < -0.4 is 0 Å². The fourth-order valence-electron chi connectivity index (χ4n) is 2.11. The Morgan fingerprint density at radius 1 is 1.15 bits per heavy atom. The van der Waals surface area contributed by atoms with Crippen LogP contribution in [0.3, 0.4) is 0 Å². The minimum Gasteiger partial charge on any atom is -0.302 e. The Morgan fingerprint density at radius 3 is 1.90 bits per heavy atom. The summed E-state index contributed by atoms with van der Waals surface area (Å²) in [5.41, 5.74) is -6.89. The molecule has 0 spiro atoms. The van der Waals surface area contributed by atoms with Crippen molar-refractivity contribution in [2.45, 2.75) is 50.2 Å². The van der Waals surface area contributed by atoms with Crippen LogP contribution in [0, 0.1) is 5.92 Å². The first-order chi connectivity index (χ1) is 8.93. The van der Waals surface area contributed by atoms with Gasteiger partial charge in [0, 0.05) is 5.92 Å². The van der Waals surface area contributed by atoms with Crippen LogP contribution in [0.15, 0.2) is 0 Å². The minimum atomic E-state index is -5.08. The molecule has 1 aliphatic rings. The molecule has 0 bridgehead atoms. The molecule has 1 heterocycles. The monoisotopic (exact) mass is 316 g/mol. The molecule has 1 fully saturated rings. The lowest BCUT2D eigenvalue weighted by atomic mass is 9.75. The highest BCUT2D eigenvalue weighted by Crippen LogP contribution is 2.55. The molecule has 1 saturated heterocycles. The second kappa shape index (κ2) is 6.03. The summed E-state index contributed by atoms with van der Waals surface area (Å²) in [4.78, 5) is 0. The molecule has 0 saturated carbocycles. The predicted octanol–water partition coefficient (Wildman–Crippen LogP) is 4.61. The van der Waals surface area contributed by atoms with Crippen molar-refractivity contribution in [3.8, 4) is 0 Å². The molecule has 20 heavy (non-hydrogen) atoms. The second-order valence-corrected chi connectivity index (χ2v) is 4.65. The maximum atomic E-state index is 13.9. The fourth-order valence-corrected chi connectivity index (χ4v) is 2.11. The van der Waals surface area contributed by atoms with Gasteiger partial charge >= 0.3 is 12.3 Å². The van der Waals surface area contributed by atoms with Gasteiger partial charge in [-0.2, -0.15) is 22.0 Å². The van der Waals surface area contributed by atoms with Crippen LogP contribution in [-0.2, 0) is 4.74 Å². The van der Waals surface area contributed by atoms with Crippen LogP contribution in [0.2, 0.25) is 0 Å². The van der Waals surface area contributed by atoms with E-state index in [1.54, 1.807) is 0 Å². The van der Waals surface area contributed by atoms with E-state index >= 15 is 0 Å². The highest BCUT2D eigenvalue weighted by atomic mass is 19.4. The van der Waals surface area contributed by atoms with Gasteiger partial charge in [-0.05, 0) is 19.8 Å². The first-order valence-electron chi connectivity index (χ1n) is 5.71. The zero-order chi connectivity index (χ0) is 16.4. The lowest BCUT2D eigenvalue weighted by Crippen LogP contribution is -2.66. The highest BCUT2D eigenvalue weighted by molar-refractivity contribution is 5.04. The van der Waals surface area contributed by atoms with Gasteiger partial charge in [-0.1, -0.05) is 6.92 Å². The molecule has 9 heteroatoms. The van der Waals surface area contributed by atoms with Crippen LogP contribution >= 0.6 is 0 Å². The van der Waals surface area contributed by atoms with Crippen LogP contribution in [-0.4, -0.2) is 37.4 Å². The van der Waals surface area contributed by atoms with E-state index in [0.717, 1.165) is 0 Å². The summed E-state index contributed by atoms with van der Waals surface area (Å²) in [6.45, 7) is -0.444. The van der Waals surface area contributed by atoms with Crippen molar-refractivity contribution in [2.75, 3.05) is 13.9 Å². The topological polar surface area (TPSA) is 9.23 Å². The standard InChI is InChI=1S/C10H13F7O.CH3F/c1-3-6-4-7(2,9(13,14)15)18-10(16,17)8(6,12)5-11;1-2/h6H,3-5H2,1-2H3;1H3. The first kappa shape index (κ1) is 19.4. The number of halogens is 8. The van der Waals surface area contributed by atoms with Crippen LogP contribution in [0.25, 0.3) is 0 Å². The third-order valence-corrected chi connectivity index (χ3v) is 3.41. The van der Waals surface area contributed by atoms with Gasteiger partial charge in [0.25, 0.3) is 0 Å². The van der Waals surface area contributed by atoms with Crippen molar-refractivity contribution in [3.05, 3.63) is 0 Å². The number of hydrogen-bond acceptors (Lipinski definition) is 1. The lowest BCUT2D eigenvalue weighted by Gasteiger charge is -2.49. The molecular formula is C11H16F8O. The summed E-state index contributed by atoms with van der Waals surface area (Å²) < 4.78 is 104. The Labute approximate surface area is 111 Å². The van der Waals surface area contributed by atoms with Gasteiger partial charge in [0.1, 0.15) is 6.67 Å². The molecule has 1 rings (SSSR count). The molecule has 0 amide bonds. The SMILES string of the molecule is CCC1CC(C)(C(F)(F)F)OC(F)(F)C1(F)CF.CF. The minimum absolute atomic E-state index is 0.342. The molecule has 0 aromatic carbocycles. The number of hydrogen-bond donors (Lipinski definition) is 0. The normalized spacial score (nSPS) is 37.0. The molecule has 0 radical (unpaired) electrons. The third-order valence-electron chi connectivity index (χ3n) is 3.41. The van der Waals surface area contributed by atoms with E-state index in [-0.39, 0.29) is 6.42 Å². The number of alkyl halides is 8. The molecular weight excluding hydrogens is 300 g/mol. The van der Waals surface area contributed by atoms with Gasteiger partial charge in [-0.3, -0.25) is 4.39 Å². The summed E-state index contributed by atoms with van der Waals surface area (Å²) >= 11 is 0. The second-order valence-electron chi connectivity index (χ2n) is 4.65. The maximum Gasteiger partial charge on any atom is 0.417 e. The van der Waals surface area contributed by atoms with Crippen LogP contribution in [0.1, 0.15) is 26.7 Å². The first-order valence-corrected chi connectivity index (χ1v) is 5.71. The van der Waals surface area contributed by atoms with E-state index in [4.69, 9.17) is 0 Å². The summed E-state index contributed by atoms with van der Waals surface area (Å²) in [6.07, 6.45) is -11.3. The van der Waals surface area contributed by atoms with E-state index in [1.807, 2.05) is 0 Å². The van der Waals surface area contributed by atoms with Crippen LogP contribution in [0.5, 0.6) is 0 Å². The Balaban J connectivity index is 0.00000172. The van der Waals surface area contributed by atoms with Gasteiger partial charge in [-0.25, -0.2) is 8.78 Å². The van der Waals surface area contributed by atoms with Gasteiger partial charge in [0.15, 0.2) is 5.60 Å². The largest absolute Gasteiger partial charge is 0.417 e. The molecule has 0 aromatic heterocycles. The maximum absolute atomic E-state index is 13.9. The average Bonchev–Trinajstić information content (AvgIpc) is 2.34. The summed E-state index contributed by atoms with van der Waals surface area (Å²) in [7, 11) is 0.500. The van der Waals surface area contributed by atoms with Crippen LogP contribution in [0.4, 0.5) is 35.1 Å². The third kappa shape index (κ3) is 3.01. The molecule has 0 aromatic rings. The van der Waals surface area contributed by atoms with Gasteiger partial charge in [0.05, 0.1) is 7.18 Å². The molecule has 122 valence electrons. The van der Waals surface area contributed by atoms with Gasteiger partial charge in [0.2, 0.25) is 5.67 Å². The summed E-state index contributed by atoms with van der Waals surface area (Å²) in [5, 5.41) is 0. The zero-order valence-electron chi connectivity index (χ0n) is 11.1. The molecule has 1 nitrogen and oxygen atoms in total. The van der Waals surface area contributed by atoms with E-state index in [1.165, 1.54) is 6.92 Å². The number of rotatable bonds is 2. The van der Waals surface area contributed by atoms with E-state index in [2.05, 4.69) is 4.74 Å². The number of ether oxygens (including phenoxy) is 1. The van der Waals surface area contributed by atoms with Crippen molar-refractivity contribution >= 4 is 0 Å². The highest BCUT2D eigenvalue weighted by Gasteiger charge is 2.72. The van der Waals surface area contributed by atoms with Crippen molar-refractivity contribution in [2.24, 2.45) is 5.92 Å². The average molecular weight is 316 g/mol. The van der Waals surface area contributed by atoms with E-state index < -0.39 is 42.6 Å². The molecule has 3 unspecified atom stereocenters. The van der Waals surface area contributed by atoms with Crippen molar-refractivity contribution in [1.29, 1.82) is 0 Å². The molecule has 1 aliphatic heterocycles. The van der Waals surface area contributed by atoms with Crippen molar-refractivity contribution in [3.63, 3.8) is 0 Å². The van der Waals surface area contributed by atoms with E-state index in [9.17, 15) is 35.1 Å². The Bertz CT molecular complexity index is 318. The smallest absolute Gasteiger partial charge is 0.302 e.